The highest BCUT2D eigenvalue weighted by molar-refractivity contribution is 6.33. The van der Waals surface area contributed by atoms with Crippen LogP contribution in [0.5, 0.6) is 5.75 Å². The molecule has 0 radical (unpaired) electrons. The molecule has 0 saturated carbocycles. The quantitative estimate of drug-likeness (QED) is 0.592. The van der Waals surface area contributed by atoms with Crippen molar-refractivity contribution in [3.63, 3.8) is 0 Å². The van der Waals surface area contributed by atoms with E-state index in [4.69, 9.17) is 11.6 Å². The van der Waals surface area contributed by atoms with Crippen molar-refractivity contribution >= 4 is 29.0 Å². The number of carbonyl (C=O) groups excluding carboxylic acids is 1. The Morgan fingerprint density at radius 1 is 1.19 bits per heavy atom. The van der Waals surface area contributed by atoms with E-state index in [0.717, 1.165) is 12.1 Å². The number of aromatic nitrogens is 2. The lowest BCUT2D eigenvalue weighted by atomic mass is 10.1. The van der Waals surface area contributed by atoms with Gasteiger partial charge in [0.2, 0.25) is 0 Å². The predicted molar refractivity (Wildman–Crippen MR) is 94.3 cm³/mol. The summed E-state index contributed by atoms with van der Waals surface area (Å²) in [6.45, 7) is 0. The van der Waals surface area contributed by atoms with Crippen molar-refractivity contribution in [2.24, 2.45) is 7.05 Å². The molecule has 0 unspecified atom stereocenters. The maximum Gasteiger partial charge on any atom is 0.323 e. The number of aromatic hydroxyl groups is 1. The summed E-state index contributed by atoms with van der Waals surface area (Å²) in [6, 6.07) is 6.42. The molecule has 6 nitrogen and oxygen atoms in total. The number of phenolic OH excluding ortho intramolecular Hbond substituents is 1. The first kappa shape index (κ1) is 17.7. The SMILES string of the molecule is Cn1ncc(Cl)c1-c1cc(NC(=O)Nc2ccc(F)cc2F)ccc1O. The summed E-state index contributed by atoms with van der Waals surface area (Å²) in [5.74, 6) is -1.69. The number of anilines is 2. The number of nitrogens with one attached hydrogen (secondary N) is 2. The van der Waals surface area contributed by atoms with Crippen molar-refractivity contribution in [3.8, 4) is 17.0 Å². The molecule has 1 heterocycles. The van der Waals surface area contributed by atoms with Crippen LogP contribution in [0, 0.1) is 11.6 Å². The maximum absolute atomic E-state index is 13.6. The Bertz CT molecular complexity index is 971. The molecule has 2 aromatic carbocycles. The van der Waals surface area contributed by atoms with Crippen LogP contribution in [-0.4, -0.2) is 20.9 Å². The number of rotatable bonds is 3. The summed E-state index contributed by atoms with van der Waals surface area (Å²) in [7, 11) is 1.66. The van der Waals surface area contributed by atoms with Gasteiger partial charge in [-0.25, -0.2) is 13.6 Å². The van der Waals surface area contributed by atoms with Gasteiger partial charge < -0.3 is 15.7 Å². The molecule has 0 aliphatic carbocycles. The van der Waals surface area contributed by atoms with E-state index in [1.165, 1.54) is 29.1 Å². The Balaban J connectivity index is 1.82. The average Bonchev–Trinajstić information content (AvgIpc) is 2.91. The molecular weight excluding hydrogens is 366 g/mol. The molecule has 0 bridgehead atoms. The number of hydrogen-bond donors (Lipinski definition) is 3. The number of halogens is 3. The van der Waals surface area contributed by atoms with Crippen LogP contribution < -0.4 is 10.6 Å². The van der Waals surface area contributed by atoms with E-state index >= 15 is 0 Å². The van der Waals surface area contributed by atoms with E-state index < -0.39 is 17.7 Å². The van der Waals surface area contributed by atoms with Crippen molar-refractivity contribution in [2.45, 2.75) is 0 Å². The summed E-state index contributed by atoms with van der Waals surface area (Å²) in [5.41, 5.74) is 0.992. The first-order valence-electron chi connectivity index (χ1n) is 7.39. The van der Waals surface area contributed by atoms with Crippen LogP contribution in [0.1, 0.15) is 0 Å². The zero-order chi connectivity index (χ0) is 18.8. The first-order valence-corrected chi connectivity index (χ1v) is 7.77. The monoisotopic (exact) mass is 378 g/mol. The van der Waals surface area contributed by atoms with Crippen LogP contribution in [0.3, 0.4) is 0 Å². The number of urea groups is 1. The number of amides is 2. The third kappa shape index (κ3) is 3.60. The molecule has 0 aliphatic rings. The molecule has 3 rings (SSSR count). The van der Waals surface area contributed by atoms with Gasteiger partial charge in [-0.15, -0.1) is 0 Å². The molecule has 0 aliphatic heterocycles. The number of phenols is 1. The Morgan fingerprint density at radius 3 is 2.62 bits per heavy atom. The molecule has 3 aromatic rings. The zero-order valence-electron chi connectivity index (χ0n) is 13.4. The third-order valence-corrected chi connectivity index (χ3v) is 3.86. The summed E-state index contributed by atoms with van der Waals surface area (Å²) in [4.78, 5) is 12.0. The lowest BCUT2D eigenvalue weighted by molar-refractivity contribution is 0.262. The number of nitrogens with zero attached hydrogens (tertiary/aromatic N) is 2. The van der Waals surface area contributed by atoms with Crippen LogP contribution in [-0.2, 0) is 7.05 Å². The molecule has 0 atom stereocenters. The molecular formula is C17H13ClF2N4O2. The second-order valence-electron chi connectivity index (χ2n) is 5.40. The Labute approximate surface area is 152 Å². The largest absolute Gasteiger partial charge is 0.507 e. The van der Waals surface area contributed by atoms with Gasteiger partial charge >= 0.3 is 6.03 Å². The summed E-state index contributed by atoms with van der Waals surface area (Å²) in [5, 5.41) is 19.2. The standard InChI is InChI=1S/C17H13ClF2N4O2/c1-24-16(12(18)8-21-24)11-7-10(3-5-15(11)25)22-17(26)23-14-4-2-9(19)6-13(14)20/h2-8,25H,1H3,(H2,22,23,26). The Morgan fingerprint density at radius 2 is 1.96 bits per heavy atom. The summed E-state index contributed by atoms with van der Waals surface area (Å²) < 4.78 is 28.0. The normalized spacial score (nSPS) is 10.6. The number of carbonyl (C=O) groups is 1. The second kappa shape index (κ2) is 7.01. The highest BCUT2D eigenvalue weighted by atomic mass is 35.5. The Kier molecular flexibility index (Phi) is 4.77. The molecule has 0 spiro atoms. The fourth-order valence-electron chi connectivity index (χ4n) is 2.39. The van der Waals surface area contributed by atoms with E-state index in [1.807, 2.05) is 0 Å². The van der Waals surface area contributed by atoms with E-state index in [2.05, 4.69) is 15.7 Å². The van der Waals surface area contributed by atoms with Gasteiger partial charge in [0, 0.05) is 24.4 Å². The average molecular weight is 379 g/mol. The molecule has 1 aromatic heterocycles. The van der Waals surface area contributed by atoms with Crippen molar-refractivity contribution in [3.05, 3.63) is 59.3 Å². The highest BCUT2D eigenvalue weighted by Gasteiger charge is 2.15. The smallest absolute Gasteiger partial charge is 0.323 e. The number of hydrogen-bond acceptors (Lipinski definition) is 3. The van der Waals surface area contributed by atoms with Crippen molar-refractivity contribution < 1.29 is 18.7 Å². The molecule has 26 heavy (non-hydrogen) atoms. The number of benzene rings is 2. The van der Waals surface area contributed by atoms with Gasteiger partial charge in [0.25, 0.3) is 0 Å². The molecule has 3 N–H and O–H groups in total. The lowest BCUT2D eigenvalue weighted by Gasteiger charge is -2.11. The van der Waals surface area contributed by atoms with Gasteiger partial charge in [0.15, 0.2) is 0 Å². The summed E-state index contributed by atoms with van der Waals surface area (Å²) in [6.07, 6.45) is 1.43. The van der Waals surface area contributed by atoms with Crippen LogP contribution in [0.25, 0.3) is 11.3 Å². The van der Waals surface area contributed by atoms with E-state index in [9.17, 15) is 18.7 Å². The van der Waals surface area contributed by atoms with Crippen LogP contribution in [0.2, 0.25) is 5.02 Å². The Hall–Kier alpha value is -3.13. The topological polar surface area (TPSA) is 79.2 Å². The number of aryl methyl sites for hydroxylation is 1. The zero-order valence-corrected chi connectivity index (χ0v) is 14.2. The minimum absolute atomic E-state index is 0.0500. The van der Waals surface area contributed by atoms with E-state index in [-0.39, 0.29) is 11.4 Å². The van der Waals surface area contributed by atoms with Gasteiger partial charge in [0.05, 0.1) is 22.6 Å². The molecule has 0 saturated heterocycles. The second-order valence-corrected chi connectivity index (χ2v) is 5.81. The van der Waals surface area contributed by atoms with Gasteiger partial charge in [0.1, 0.15) is 17.4 Å². The summed E-state index contributed by atoms with van der Waals surface area (Å²) >= 11 is 6.08. The van der Waals surface area contributed by atoms with Gasteiger partial charge in [-0.05, 0) is 30.3 Å². The van der Waals surface area contributed by atoms with Gasteiger partial charge in [-0.1, -0.05) is 11.6 Å². The molecule has 9 heteroatoms. The molecule has 0 fully saturated rings. The third-order valence-electron chi connectivity index (χ3n) is 3.58. The van der Waals surface area contributed by atoms with Crippen molar-refractivity contribution in [1.29, 1.82) is 0 Å². The van der Waals surface area contributed by atoms with E-state index in [1.54, 1.807) is 7.05 Å². The molecule has 2 amide bonds. The van der Waals surface area contributed by atoms with Crippen LogP contribution >= 0.6 is 11.6 Å². The fraction of sp³-hybridized carbons (Fsp3) is 0.0588. The lowest BCUT2D eigenvalue weighted by Crippen LogP contribution is -2.20. The molecule has 134 valence electrons. The van der Waals surface area contributed by atoms with Crippen molar-refractivity contribution in [1.82, 2.24) is 9.78 Å². The highest BCUT2D eigenvalue weighted by Crippen LogP contribution is 2.35. The predicted octanol–water partition coefficient (Wildman–Crippen LogP) is 4.37. The first-order chi connectivity index (χ1) is 12.3. The van der Waals surface area contributed by atoms with Gasteiger partial charge in [-0.2, -0.15) is 5.10 Å². The van der Waals surface area contributed by atoms with Crippen LogP contribution in [0.4, 0.5) is 25.0 Å². The van der Waals surface area contributed by atoms with Crippen LogP contribution in [0.15, 0.2) is 42.6 Å². The minimum atomic E-state index is -0.895. The maximum atomic E-state index is 13.6. The fourth-order valence-corrected chi connectivity index (χ4v) is 2.66. The van der Waals surface area contributed by atoms with Gasteiger partial charge in [-0.3, -0.25) is 4.68 Å². The minimum Gasteiger partial charge on any atom is -0.507 e. The van der Waals surface area contributed by atoms with Crippen molar-refractivity contribution in [2.75, 3.05) is 10.6 Å². The van der Waals surface area contributed by atoms with E-state index in [0.29, 0.717) is 28.0 Å².